The van der Waals surface area contributed by atoms with E-state index < -0.39 is 0 Å². The highest BCUT2D eigenvalue weighted by atomic mass is 127. The normalized spacial score (nSPS) is 22.4. The van der Waals surface area contributed by atoms with E-state index >= 15 is 0 Å². The van der Waals surface area contributed by atoms with Crippen LogP contribution in [0.1, 0.15) is 64.7 Å². The molecule has 1 unspecified atom stereocenters. The second-order valence-corrected chi connectivity index (χ2v) is 6.59. The third-order valence-electron chi connectivity index (χ3n) is 4.72. The predicted octanol–water partition coefficient (Wildman–Crippen LogP) is 2.80. The highest BCUT2D eigenvalue weighted by molar-refractivity contribution is 14.0. The summed E-state index contributed by atoms with van der Waals surface area (Å²) < 4.78 is 0. The standard InChI is InChI=1S/C17H32N4O.HI/c1-2-18-17(21-15-10-11-16(22)20-13-15)19-12-6-5-9-14-7-3-4-8-14;/h14-15H,2-13H2,1H3,(H,20,22)(H2,18,19,21);1H. The van der Waals surface area contributed by atoms with Crippen LogP contribution in [0.15, 0.2) is 4.99 Å². The number of piperidine rings is 1. The fraction of sp³-hybridized carbons (Fsp3) is 0.882. The third-order valence-corrected chi connectivity index (χ3v) is 4.72. The first-order valence-corrected chi connectivity index (χ1v) is 9.09. The first-order chi connectivity index (χ1) is 10.8. The van der Waals surface area contributed by atoms with E-state index in [1.807, 2.05) is 0 Å². The van der Waals surface area contributed by atoms with Gasteiger partial charge in [-0.3, -0.25) is 9.79 Å². The first-order valence-electron chi connectivity index (χ1n) is 9.09. The Morgan fingerprint density at radius 1 is 1.26 bits per heavy atom. The molecule has 3 N–H and O–H groups in total. The van der Waals surface area contributed by atoms with Crippen LogP contribution in [0.4, 0.5) is 0 Å². The van der Waals surface area contributed by atoms with Crippen molar-refractivity contribution in [2.75, 3.05) is 19.6 Å². The van der Waals surface area contributed by atoms with E-state index in [2.05, 4.69) is 27.9 Å². The molecule has 0 radical (unpaired) electrons. The van der Waals surface area contributed by atoms with E-state index in [9.17, 15) is 4.79 Å². The summed E-state index contributed by atoms with van der Waals surface area (Å²) in [7, 11) is 0. The Morgan fingerprint density at radius 2 is 2.04 bits per heavy atom. The Morgan fingerprint density at radius 3 is 2.70 bits per heavy atom. The lowest BCUT2D eigenvalue weighted by molar-refractivity contribution is -0.122. The molecule has 1 amide bonds. The number of carbonyl (C=O) groups is 1. The summed E-state index contributed by atoms with van der Waals surface area (Å²) in [6.45, 7) is 4.54. The van der Waals surface area contributed by atoms with Gasteiger partial charge in [0.2, 0.25) is 5.91 Å². The Bertz CT molecular complexity index is 360. The summed E-state index contributed by atoms with van der Waals surface area (Å²) in [5, 5.41) is 9.64. The van der Waals surface area contributed by atoms with Crippen LogP contribution in [0.25, 0.3) is 0 Å². The number of amides is 1. The second-order valence-electron chi connectivity index (χ2n) is 6.59. The zero-order chi connectivity index (χ0) is 15.6. The smallest absolute Gasteiger partial charge is 0.220 e. The molecule has 1 saturated heterocycles. The van der Waals surface area contributed by atoms with E-state index in [1.165, 1.54) is 44.9 Å². The van der Waals surface area contributed by atoms with Gasteiger partial charge in [-0.15, -0.1) is 24.0 Å². The lowest BCUT2D eigenvalue weighted by Crippen LogP contribution is -2.51. The molecule has 0 aromatic carbocycles. The van der Waals surface area contributed by atoms with Gasteiger partial charge in [0.05, 0.1) is 0 Å². The summed E-state index contributed by atoms with van der Waals surface area (Å²) in [6.07, 6.45) is 11.1. The minimum absolute atomic E-state index is 0. The van der Waals surface area contributed by atoms with Crippen LogP contribution in [0.2, 0.25) is 0 Å². The number of halogens is 1. The zero-order valence-corrected chi connectivity index (χ0v) is 16.7. The Labute approximate surface area is 157 Å². The van der Waals surface area contributed by atoms with Gasteiger partial charge in [-0.1, -0.05) is 38.5 Å². The quantitative estimate of drug-likeness (QED) is 0.249. The van der Waals surface area contributed by atoms with Crippen LogP contribution < -0.4 is 16.0 Å². The van der Waals surface area contributed by atoms with Crippen molar-refractivity contribution in [2.45, 2.75) is 70.8 Å². The molecule has 2 aliphatic rings. The summed E-state index contributed by atoms with van der Waals surface area (Å²) in [6, 6.07) is 0.300. The molecular weight excluding hydrogens is 403 g/mol. The lowest BCUT2D eigenvalue weighted by atomic mass is 10.0. The van der Waals surface area contributed by atoms with E-state index in [-0.39, 0.29) is 29.9 Å². The Balaban J connectivity index is 0.00000264. The monoisotopic (exact) mass is 436 g/mol. The van der Waals surface area contributed by atoms with Crippen LogP contribution in [0, 0.1) is 5.92 Å². The van der Waals surface area contributed by atoms with Crippen LogP contribution in [0.5, 0.6) is 0 Å². The molecule has 0 aromatic heterocycles. The molecule has 0 spiro atoms. The minimum atomic E-state index is 0. The molecule has 5 nitrogen and oxygen atoms in total. The number of nitrogens with zero attached hydrogens (tertiary/aromatic N) is 1. The molecular formula is C17H33IN4O. The molecule has 23 heavy (non-hydrogen) atoms. The van der Waals surface area contributed by atoms with E-state index in [0.29, 0.717) is 19.0 Å². The number of unbranched alkanes of at least 4 members (excludes halogenated alkanes) is 1. The van der Waals surface area contributed by atoms with Crippen molar-refractivity contribution >= 4 is 35.8 Å². The summed E-state index contributed by atoms with van der Waals surface area (Å²) >= 11 is 0. The maximum absolute atomic E-state index is 11.2. The molecule has 2 rings (SSSR count). The number of carbonyl (C=O) groups excluding carboxylic acids is 1. The van der Waals surface area contributed by atoms with E-state index in [1.54, 1.807) is 0 Å². The maximum Gasteiger partial charge on any atom is 0.220 e. The Kier molecular flexibility index (Phi) is 10.6. The van der Waals surface area contributed by atoms with Gasteiger partial charge in [0, 0.05) is 32.1 Å². The molecule has 1 atom stereocenters. The number of nitrogens with one attached hydrogen (secondary N) is 3. The van der Waals surface area contributed by atoms with Crippen molar-refractivity contribution in [3.8, 4) is 0 Å². The third kappa shape index (κ3) is 8.22. The number of hydrogen-bond donors (Lipinski definition) is 3. The molecule has 1 aliphatic carbocycles. The maximum atomic E-state index is 11.2. The molecule has 0 aromatic rings. The van der Waals surface area contributed by atoms with Crippen LogP contribution in [0.3, 0.4) is 0 Å². The van der Waals surface area contributed by atoms with Crippen molar-refractivity contribution in [3.63, 3.8) is 0 Å². The van der Waals surface area contributed by atoms with Gasteiger partial charge in [-0.05, 0) is 25.7 Å². The van der Waals surface area contributed by atoms with Gasteiger partial charge < -0.3 is 16.0 Å². The number of rotatable bonds is 7. The topological polar surface area (TPSA) is 65.5 Å². The van der Waals surface area contributed by atoms with E-state index in [0.717, 1.165) is 31.4 Å². The fourth-order valence-electron chi connectivity index (χ4n) is 3.40. The minimum Gasteiger partial charge on any atom is -0.357 e. The average molecular weight is 436 g/mol. The molecule has 134 valence electrons. The molecule has 1 aliphatic heterocycles. The van der Waals surface area contributed by atoms with Gasteiger partial charge in [-0.25, -0.2) is 0 Å². The number of aliphatic imine (C=N–C) groups is 1. The van der Waals surface area contributed by atoms with Crippen molar-refractivity contribution in [2.24, 2.45) is 10.9 Å². The van der Waals surface area contributed by atoms with Crippen molar-refractivity contribution in [1.82, 2.24) is 16.0 Å². The zero-order valence-electron chi connectivity index (χ0n) is 14.4. The van der Waals surface area contributed by atoms with Gasteiger partial charge in [0.15, 0.2) is 5.96 Å². The summed E-state index contributed by atoms with van der Waals surface area (Å²) in [5.74, 6) is 2.04. The van der Waals surface area contributed by atoms with Gasteiger partial charge in [-0.2, -0.15) is 0 Å². The van der Waals surface area contributed by atoms with Crippen molar-refractivity contribution in [1.29, 1.82) is 0 Å². The molecule has 1 saturated carbocycles. The van der Waals surface area contributed by atoms with Gasteiger partial charge in [0.25, 0.3) is 0 Å². The fourth-order valence-corrected chi connectivity index (χ4v) is 3.40. The Hall–Kier alpha value is -0.530. The molecule has 1 heterocycles. The summed E-state index contributed by atoms with van der Waals surface area (Å²) in [5.41, 5.74) is 0. The van der Waals surface area contributed by atoms with E-state index in [4.69, 9.17) is 0 Å². The SMILES string of the molecule is CCNC(=NCCCCC1CCCC1)NC1CCC(=O)NC1.I. The highest BCUT2D eigenvalue weighted by Gasteiger charge is 2.18. The predicted molar refractivity (Wildman–Crippen MR) is 106 cm³/mol. The largest absolute Gasteiger partial charge is 0.357 e. The molecule has 6 heteroatoms. The molecule has 2 fully saturated rings. The summed E-state index contributed by atoms with van der Waals surface area (Å²) in [4.78, 5) is 15.9. The van der Waals surface area contributed by atoms with Gasteiger partial charge in [0.1, 0.15) is 0 Å². The van der Waals surface area contributed by atoms with Crippen LogP contribution >= 0.6 is 24.0 Å². The number of hydrogen-bond acceptors (Lipinski definition) is 2. The highest BCUT2D eigenvalue weighted by Crippen LogP contribution is 2.28. The van der Waals surface area contributed by atoms with Crippen LogP contribution in [-0.4, -0.2) is 37.5 Å². The van der Waals surface area contributed by atoms with Crippen LogP contribution in [-0.2, 0) is 4.79 Å². The average Bonchev–Trinajstić information content (AvgIpc) is 3.02. The first kappa shape index (κ1) is 20.5. The lowest BCUT2D eigenvalue weighted by Gasteiger charge is -2.25. The van der Waals surface area contributed by atoms with Crippen molar-refractivity contribution < 1.29 is 4.79 Å². The number of guanidine groups is 1. The second kappa shape index (κ2) is 11.9. The van der Waals surface area contributed by atoms with Gasteiger partial charge >= 0.3 is 0 Å². The molecule has 0 bridgehead atoms. The van der Waals surface area contributed by atoms with Crippen molar-refractivity contribution in [3.05, 3.63) is 0 Å².